The Kier molecular flexibility index (Phi) is 2.60. The van der Waals surface area contributed by atoms with Gasteiger partial charge in [0.2, 0.25) is 0 Å². The summed E-state index contributed by atoms with van der Waals surface area (Å²) < 4.78 is 0. The van der Waals surface area contributed by atoms with E-state index < -0.39 is 0 Å². The second-order valence-corrected chi connectivity index (χ2v) is 3.81. The number of hydrogen-bond donors (Lipinski definition) is 1. The first-order chi connectivity index (χ1) is 6.40. The molecule has 1 fully saturated rings. The molecule has 0 atom stereocenters. The molecule has 1 aromatic heterocycles. The van der Waals surface area contributed by atoms with Gasteiger partial charge in [0.05, 0.1) is 0 Å². The summed E-state index contributed by atoms with van der Waals surface area (Å²) in [7, 11) is 0. The highest BCUT2D eigenvalue weighted by Crippen LogP contribution is 2.33. The molecule has 1 aromatic rings. The van der Waals surface area contributed by atoms with Crippen LogP contribution in [0.15, 0.2) is 18.5 Å². The predicted octanol–water partition coefficient (Wildman–Crippen LogP) is 2.20. The molecule has 2 rings (SSSR count). The van der Waals surface area contributed by atoms with E-state index in [4.69, 9.17) is 5.73 Å². The molecule has 70 valence electrons. The lowest BCUT2D eigenvalue weighted by atomic mass is 9.98. The molecule has 0 amide bonds. The van der Waals surface area contributed by atoms with Crippen LogP contribution in [-0.2, 0) is 6.54 Å². The highest BCUT2D eigenvalue weighted by atomic mass is 14.6. The number of aromatic nitrogens is 1. The first kappa shape index (κ1) is 8.70. The van der Waals surface area contributed by atoms with Gasteiger partial charge in [-0.1, -0.05) is 18.9 Å². The van der Waals surface area contributed by atoms with Crippen LogP contribution in [0, 0.1) is 0 Å². The zero-order chi connectivity index (χ0) is 9.10. The summed E-state index contributed by atoms with van der Waals surface area (Å²) in [4.78, 5) is 4.22. The molecule has 0 spiro atoms. The van der Waals surface area contributed by atoms with Crippen LogP contribution in [0.1, 0.15) is 42.7 Å². The van der Waals surface area contributed by atoms with Crippen molar-refractivity contribution in [1.82, 2.24) is 4.98 Å². The topological polar surface area (TPSA) is 38.9 Å². The van der Waals surface area contributed by atoms with E-state index in [0.29, 0.717) is 6.54 Å². The Bertz CT molecular complexity index is 277. The minimum atomic E-state index is 0.605. The molecule has 1 saturated carbocycles. The highest BCUT2D eigenvalue weighted by Gasteiger charge is 2.17. The molecule has 1 heterocycles. The van der Waals surface area contributed by atoms with Gasteiger partial charge in [-0.3, -0.25) is 4.98 Å². The van der Waals surface area contributed by atoms with Crippen molar-refractivity contribution in [3.8, 4) is 0 Å². The van der Waals surface area contributed by atoms with Crippen molar-refractivity contribution in [2.45, 2.75) is 38.1 Å². The normalized spacial score (nSPS) is 17.9. The molecule has 13 heavy (non-hydrogen) atoms. The minimum absolute atomic E-state index is 0.605. The summed E-state index contributed by atoms with van der Waals surface area (Å²) in [5.41, 5.74) is 8.12. The van der Waals surface area contributed by atoms with Crippen LogP contribution >= 0.6 is 0 Å². The van der Waals surface area contributed by atoms with E-state index in [0.717, 1.165) is 11.5 Å². The van der Waals surface area contributed by atoms with E-state index in [2.05, 4.69) is 11.1 Å². The van der Waals surface area contributed by atoms with Crippen LogP contribution in [0.5, 0.6) is 0 Å². The smallest absolute Gasteiger partial charge is 0.0312 e. The van der Waals surface area contributed by atoms with Gasteiger partial charge in [0.1, 0.15) is 0 Å². The maximum absolute atomic E-state index is 5.58. The lowest BCUT2D eigenvalue weighted by Gasteiger charge is -2.09. The van der Waals surface area contributed by atoms with Gasteiger partial charge >= 0.3 is 0 Å². The van der Waals surface area contributed by atoms with Gasteiger partial charge in [0.25, 0.3) is 0 Å². The van der Waals surface area contributed by atoms with Crippen LogP contribution in [0.25, 0.3) is 0 Å². The van der Waals surface area contributed by atoms with E-state index >= 15 is 0 Å². The molecule has 2 N–H and O–H groups in total. The molecule has 0 bridgehead atoms. The van der Waals surface area contributed by atoms with Gasteiger partial charge in [-0.15, -0.1) is 0 Å². The van der Waals surface area contributed by atoms with E-state index in [-0.39, 0.29) is 0 Å². The fourth-order valence-corrected chi connectivity index (χ4v) is 2.10. The van der Waals surface area contributed by atoms with E-state index in [1.54, 1.807) is 0 Å². The first-order valence-electron chi connectivity index (χ1n) is 5.04. The molecule has 2 nitrogen and oxygen atoms in total. The fraction of sp³-hybridized carbons (Fsp3) is 0.545. The van der Waals surface area contributed by atoms with E-state index in [9.17, 15) is 0 Å². The van der Waals surface area contributed by atoms with Gasteiger partial charge in [-0.2, -0.15) is 0 Å². The fourth-order valence-electron chi connectivity index (χ4n) is 2.10. The summed E-state index contributed by atoms with van der Waals surface area (Å²) >= 11 is 0. The van der Waals surface area contributed by atoms with Gasteiger partial charge in [-0.25, -0.2) is 0 Å². The molecule has 0 unspecified atom stereocenters. The van der Waals surface area contributed by atoms with Crippen molar-refractivity contribution in [3.63, 3.8) is 0 Å². The van der Waals surface area contributed by atoms with Gasteiger partial charge in [-0.05, 0) is 29.9 Å². The third kappa shape index (κ3) is 1.89. The first-order valence-corrected chi connectivity index (χ1v) is 5.04. The predicted molar refractivity (Wildman–Crippen MR) is 53.3 cm³/mol. The molecular weight excluding hydrogens is 160 g/mol. The Morgan fingerprint density at radius 2 is 2.08 bits per heavy atom. The number of pyridine rings is 1. The third-order valence-corrected chi connectivity index (χ3v) is 2.88. The van der Waals surface area contributed by atoms with Crippen LogP contribution in [0.4, 0.5) is 0 Å². The van der Waals surface area contributed by atoms with Crippen molar-refractivity contribution in [1.29, 1.82) is 0 Å². The van der Waals surface area contributed by atoms with E-state index in [1.807, 2.05) is 12.4 Å². The molecular formula is C11H16N2. The number of hydrogen-bond acceptors (Lipinski definition) is 2. The van der Waals surface area contributed by atoms with Crippen molar-refractivity contribution in [2.24, 2.45) is 5.73 Å². The second-order valence-electron chi connectivity index (χ2n) is 3.81. The largest absolute Gasteiger partial charge is 0.326 e. The third-order valence-electron chi connectivity index (χ3n) is 2.88. The van der Waals surface area contributed by atoms with Crippen molar-refractivity contribution >= 4 is 0 Å². The standard InChI is InChI=1S/C11H16N2/c12-6-9-5-11(8-13-7-9)10-3-1-2-4-10/h5,7-8,10H,1-4,6,12H2. The molecule has 1 aliphatic carbocycles. The second kappa shape index (κ2) is 3.88. The SMILES string of the molecule is NCc1cncc(C2CCCC2)c1. The Morgan fingerprint density at radius 1 is 1.31 bits per heavy atom. The van der Waals surface area contributed by atoms with Crippen LogP contribution < -0.4 is 5.73 Å². The van der Waals surface area contributed by atoms with Gasteiger partial charge in [0.15, 0.2) is 0 Å². The average molecular weight is 176 g/mol. The monoisotopic (exact) mass is 176 g/mol. The van der Waals surface area contributed by atoms with Crippen LogP contribution in [0.3, 0.4) is 0 Å². The van der Waals surface area contributed by atoms with Crippen molar-refractivity contribution in [3.05, 3.63) is 29.6 Å². The molecule has 0 aliphatic heterocycles. The Hall–Kier alpha value is -0.890. The molecule has 0 radical (unpaired) electrons. The van der Waals surface area contributed by atoms with Crippen LogP contribution in [-0.4, -0.2) is 4.98 Å². The Labute approximate surface area is 79.2 Å². The zero-order valence-electron chi connectivity index (χ0n) is 7.87. The van der Waals surface area contributed by atoms with E-state index in [1.165, 1.54) is 31.2 Å². The summed E-state index contributed by atoms with van der Waals surface area (Å²) in [6, 6.07) is 2.21. The average Bonchev–Trinajstić information content (AvgIpc) is 2.71. The quantitative estimate of drug-likeness (QED) is 0.750. The molecule has 0 saturated heterocycles. The van der Waals surface area contributed by atoms with Gasteiger partial charge < -0.3 is 5.73 Å². The maximum Gasteiger partial charge on any atom is 0.0312 e. The van der Waals surface area contributed by atoms with Gasteiger partial charge in [0, 0.05) is 18.9 Å². The summed E-state index contributed by atoms with van der Waals surface area (Å²) in [6.07, 6.45) is 9.26. The maximum atomic E-state index is 5.58. The summed E-state index contributed by atoms with van der Waals surface area (Å²) in [6.45, 7) is 0.605. The zero-order valence-corrected chi connectivity index (χ0v) is 7.87. The number of nitrogens with two attached hydrogens (primary N) is 1. The Morgan fingerprint density at radius 3 is 2.77 bits per heavy atom. The van der Waals surface area contributed by atoms with Crippen molar-refractivity contribution < 1.29 is 0 Å². The number of rotatable bonds is 2. The summed E-state index contributed by atoms with van der Waals surface area (Å²) in [5.74, 6) is 0.749. The van der Waals surface area contributed by atoms with Crippen LogP contribution in [0.2, 0.25) is 0 Å². The highest BCUT2D eigenvalue weighted by molar-refractivity contribution is 5.22. The molecule has 2 heteroatoms. The molecule has 1 aliphatic rings. The summed E-state index contributed by atoms with van der Waals surface area (Å²) in [5, 5.41) is 0. The molecule has 0 aromatic carbocycles. The lowest BCUT2D eigenvalue weighted by Crippen LogP contribution is -2.00. The van der Waals surface area contributed by atoms with Crippen molar-refractivity contribution in [2.75, 3.05) is 0 Å². The Balaban J connectivity index is 2.18. The number of nitrogens with zero attached hydrogens (tertiary/aromatic N) is 1. The lowest BCUT2D eigenvalue weighted by molar-refractivity contribution is 0.717. The minimum Gasteiger partial charge on any atom is -0.326 e.